The van der Waals surface area contributed by atoms with Gasteiger partial charge in [0.15, 0.2) is 0 Å². The van der Waals surface area contributed by atoms with Crippen LogP contribution in [0.2, 0.25) is 0 Å². The second-order valence-electron chi connectivity index (χ2n) is 26.3. The normalized spacial score (nSPS) is 26.6. The maximum Gasteiger partial charge on any atom is 0.246 e. The summed E-state index contributed by atoms with van der Waals surface area (Å²) in [6, 6.07) is -12.9. The summed E-state index contributed by atoms with van der Waals surface area (Å²) in [7, 11) is 9.71. The molecule has 25 heteroatoms. The number of hydrogen-bond donors (Lipinski definition) is 5. The van der Waals surface area contributed by atoms with Crippen molar-refractivity contribution in [2.24, 2.45) is 41.4 Å². The van der Waals surface area contributed by atoms with Crippen molar-refractivity contribution in [2.45, 2.75) is 221 Å². The molecule has 23 nitrogen and oxygen atoms in total. The Bertz CT molecular complexity index is 2390. The number of halogens is 2. The molecule has 0 aromatic rings. The quantitative estimate of drug-likeness (QED) is 0.108. The third-order valence-electron chi connectivity index (χ3n) is 16.1. The van der Waals surface area contributed by atoms with E-state index in [4.69, 9.17) is 23.2 Å². The highest BCUT2D eigenvalue weighted by molar-refractivity contribution is 6.44. The van der Waals surface area contributed by atoms with Crippen LogP contribution in [0, 0.1) is 41.4 Å². The van der Waals surface area contributed by atoms with E-state index in [-0.39, 0.29) is 55.8 Å². The molecule has 1 saturated heterocycles. The summed E-state index contributed by atoms with van der Waals surface area (Å²) in [4.78, 5) is 168. The van der Waals surface area contributed by atoms with Crippen LogP contribution in [0.3, 0.4) is 0 Å². The van der Waals surface area contributed by atoms with Gasteiger partial charge >= 0.3 is 0 Å². The van der Waals surface area contributed by atoms with Crippen molar-refractivity contribution < 1.29 is 57.8 Å². The van der Waals surface area contributed by atoms with Gasteiger partial charge in [-0.3, -0.25) is 52.7 Å². The predicted octanol–water partition coefficient (Wildman–Crippen LogP) is 4.05. The Morgan fingerprint density at radius 2 is 0.874 bits per heavy atom. The van der Waals surface area contributed by atoms with E-state index in [0.717, 1.165) is 9.80 Å². The van der Waals surface area contributed by atoms with E-state index in [0.29, 0.717) is 0 Å². The maximum absolute atomic E-state index is 15.2. The van der Waals surface area contributed by atoms with Gasteiger partial charge in [0.05, 0.1) is 12.6 Å². The van der Waals surface area contributed by atoms with Gasteiger partial charge in [-0.15, -0.1) is 23.2 Å². The lowest BCUT2D eigenvalue weighted by Crippen LogP contribution is -2.63. The molecule has 5 N–H and O–H groups in total. The number of alkyl halides is 2. The van der Waals surface area contributed by atoms with E-state index in [1.165, 1.54) is 87.7 Å². The summed E-state index contributed by atoms with van der Waals surface area (Å²) in [5.41, 5.74) is 0. The molecule has 0 bridgehead atoms. The summed E-state index contributed by atoms with van der Waals surface area (Å²) >= 11 is 12.6. The Labute approximate surface area is 529 Å². The first-order valence-electron chi connectivity index (χ1n) is 30.7. The van der Waals surface area contributed by atoms with Crippen LogP contribution >= 0.6 is 23.2 Å². The van der Waals surface area contributed by atoms with Gasteiger partial charge in [0.1, 0.15) is 65.3 Å². The molecule has 0 aliphatic carbocycles. The molecule has 11 amide bonds. The lowest BCUT2D eigenvalue weighted by Gasteiger charge is -2.41. The van der Waals surface area contributed by atoms with Crippen LogP contribution in [0.15, 0.2) is 12.2 Å². The third-order valence-corrected chi connectivity index (χ3v) is 16.4. The smallest absolute Gasteiger partial charge is 0.246 e. The second-order valence-corrected chi connectivity index (χ2v) is 27.6. The molecule has 1 aliphatic rings. The standard InChI is InChI=1S/C62H109Cl2N11O12/c1-24-25-26-39(14)52(77)51-56(81)67-42(31-47(63)64)58(83)69(17)32-48(76)70(18)43(27-33(2)3)55(80)68-49(37(10)11)61(86)71(19)44(28-34(4)5)54(79)65-40(15)53(78)66-41(16)57(82)72(20)45(29-35(6)7)59(84)73(21)46(30-36(8)9)60(85)74(22)50(38(12)13)62(87)75(51)23/h24-25,33-47,49-52,77H,26-32H2,1-23H3,(H,65,79)(H,66,78)(H,67,81)(H,68,80)/b25-24+/t39-,40+,41-,42+,43+,44+,45+,46+,49+,50+,51+,52-/m1/s1. The number of rotatable bonds is 16. The summed E-state index contributed by atoms with van der Waals surface area (Å²) in [6.45, 7) is 27.3. The highest BCUT2D eigenvalue weighted by atomic mass is 35.5. The van der Waals surface area contributed by atoms with Gasteiger partial charge in [-0.2, -0.15) is 0 Å². The van der Waals surface area contributed by atoms with Crippen molar-refractivity contribution in [3.63, 3.8) is 0 Å². The summed E-state index contributed by atoms with van der Waals surface area (Å²) in [6.07, 6.45) is 2.37. The molecule has 0 aromatic carbocycles. The zero-order chi connectivity index (χ0) is 67.6. The number of allylic oxidation sites excluding steroid dienone is 2. The first-order chi connectivity index (χ1) is 40.1. The molecule has 498 valence electrons. The Morgan fingerprint density at radius 3 is 1.32 bits per heavy atom. The molecular formula is C62H109Cl2N11O12. The Morgan fingerprint density at radius 1 is 0.460 bits per heavy atom. The van der Waals surface area contributed by atoms with E-state index in [9.17, 15) is 48.3 Å². The fourth-order valence-electron chi connectivity index (χ4n) is 10.7. The highest BCUT2D eigenvalue weighted by Crippen LogP contribution is 2.26. The topological polar surface area (TPSA) is 279 Å². The Balaban J connectivity index is 4.40. The SMILES string of the molecule is C/C=C/C[C@@H](C)[C@@H](O)[C@H]1C(=O)N[C@@H](CC(Cl)Cl)C(=O)N(C)CC(=O)N(C)[C@@H](CC(C)C)C(=O)N[C@@H](C(C)C)C(=O)N(C)[C@@H](CC(C)C)C(=O)N[C@@H](C)C(=O)N[C@H](C)C(=O)N(C)[C@@H](CC(C)C)C(=O)N(C)[C@@H](CC(C)C)C(=O)N(C)[C@@H](C(C)C)C(=O)N1C. The van der Waals surface area contributed by atoms with Gasteiger partial charge in [0.25, 0.3) is 0 Å². The van der Waals surface area contributed by atoms with Crippen molar-refractivity contribution in [1.29, 1.82) is 0 Å². The van der Waals surface area contributed by atoms with Crippen molar-refractivity contribution in [3.05, 3.63) is 12.2 Å². The van der Waals surface area contributed by atoms with Crippen molar-refractivity contribution in [3.8, 4) is 0 Å². The molecule has 0 saturated carbocycles. The van der Waals surface area contributed by atoms with Gasteiger partial charge in [-0.05, 0) is 94.3 Å². The van der Waals surface area contributed by atoms with Crippen LogP contribution < -0.4 is 21.3 Å². The van der Waals surface area contributed by atoms with Crippen LogP contribution in [0.25, 0.3) is 0 Å². The van der Waals surface area contributed by atoms with Crippen molar-refractivity contribution in [2.75, 3.05) is 55.9 Å². The first kappa shape index (κ1) is 79.5. The average molecular weight is 1270 g/mol. The second kappa shape index (κ2) is 36.2. The van der Waals surface area contributed by atoms with Gasteiger partial charge in [-0.25, -0.2) is 0 Å². The van der Waals surface area contributed by atoms with Gasteiger partial charge in [-0.1, -0.05) is 102 Å². The number of carbonyl (C=O) groups is 11. The van der Waals surface area contributed by atoms with E-state index in [2.05, 4.69) is 21.3 Å². The van der Waals surface area contributed by atoms with Crippen molar-refractivity contribution in [1.82, 2.24) is 55.6 Å². The van der Waals surface area contributed by atoms with Crippen molar-refractivity contribution >= 4 is 88.2 Å². The minimum Gasteiger partial charge on any atom is -0.390 e. The fraction of sp³-hybridized carbons (Fsp3) is 0.790. The fourth-order valence-corrected chi connectivity index (χ4v) is 11.1. The molecular weight excluding hydrogens is 1160 g/mol. The molecule has 1 rings (SSSR count). The van der Waals surface area contributed by atoms with Gasteiger partial charge in [0, 0.05) is 55.8 Å². The summed E-state index contributed by atoms with van der Waals surface area (Å²) < 4.78 is 0. The van der Waals surface area contributed by atoms with E-state index in [1.54, 1.807) is 53.7 Å². The molecule has 12 atom stereocenters. The largest absolute Gasteiger partial charge is 0.390 e. The van der Waals surface area contributed by atoms with Crippen LogP contribution in [-0.4, -0.2) is 232 Å². The minimum absolute atomic E-state index is 0.120. The molecule has 0 radical (unpaired) electrons. The predicted molar refractivity (Wildman–Crippen MR) is 338 cm³/mol. The summed E-state index contributed by atoms with van der Waals surface area (Å²) in [5.74, 6) is -10.4. The highest BCUT2D eigenvalue weighted by Gasteiger charge is 2.46. The van der Waals surface area contributed by atoms with Crippen LogP contribution in [0.4, 0.5) is 0 Å². The summed E-state index contributed by atoms with van der Waals surface area (Å²) in [5, 5.41) is 23.0. The Kier molecular flexibility index (Phi) is 33.1. The monoisotopic (exact) mass is 1270 g/mol. The zero-order valence-corrected chi connectivity index (χ0v) is 57.9. The number of likely N-dealkylation sites (N-methyl/N-ethyl adjacent to an activating group) is 7. The lowest BCUT2D eigenvalue weighted by atomic mass is 9.91. The van der Waals surface area contributed by atoms with Crippen LogP contribution in [0.5, 0.6) is 0 Å². The Hall–Kier alpha value is -5.55. The molecule has 1 fully saturated rings. The average Bonchev–Trinajstić information content (AvgIpc) is 1.65. The van der Waals surface area contributed by atoms with Gasteiger partial charge in [0.2, 0.25) is 65.0 Å². The number of nitrogens with zero attached hydrogens (tertiary/aromatic N) is 7. The minimum atomic E-state index is -1.70. The molecule has 1 heterocycles. The lowest BCUT2D eigenvalue weighted by molar-refractivity contribution is -0.157. The molecule has 0 unspecified atom stereocenters. The maximum atomic E-state index is 15.2. The van der Waals surface area contributed by atoms with Crippen LogP contribution in [-0.2, 0) is 52.7 Å². The number of nitrogens with one attached hydrogen (secondary N) is 4. The number of hydrogen-bond acceptors (Lipinski definition) is 12. The molecule has 0 aromatic heterocycles. The number of amides is 11. The van der Waals surface area contributed by atoms with Crippen LogP contribution in [0.1, 0.15) is 149 Å². The first-order valence-corrected chi connectivity index (χ1v) is 31.6. The number of aliphatic hydroxyl groups excluding tert-OH is 1. The number of aliphatic hydroxyl groups is 1. The zero-order valence-electron chi connectivity index (χ0n) is 56.4. The van der Waals surface area contributed by atoms with Gasteiger partial charge < -0.3 is 60.7 Å². The van der Waals surface area contributed by atoms with E-state index in [1.807, 2.05) is 55.4 Å². The van der Waals surface area contributed by atoms with E-state index < -0.39 is 167 Å². The molecule has 1 aliphatic heterocycles. The molecule has 0 spiro atoms. The third kappa shape index (κ3) is 23.1. The van der Waals surface area contributed by atoms with E-state index >= 15 is 9.59 Å². The molecule has 87 heavy (non-hydrogen) atoms. The number of carbonyl (C=O) groups excluding carboxylic acids is 11.